The Balaban J connectivity index is 1.59. The molecule has 6 heteroatoms. The molecule has 0 bridgehead atoms. The first kappa shape index (κ1) is 16.5. The van der Waals surface area contributed by atoms with Crippen LogP contribution in [0.25, 0.3) is 0 Å². The summed E-state index contributed by atoms with van der Waals surface area (Å²) in [4.78, 5) is 8.67. The second-order valence-electron chi connectivity index (χ2n) is 5.74. The lowest BCUT2D eigenvalue weighted by Crippen LogP contribution is -2.09. The lowest BCUT2D eigenvalue weighted by molar-refractivity contribution is 0.193. The number of aromatic nitrogens is 2. The first-order valence-corrected chi connectivity index (χ1v) is 8.14. The Morgan fingerprint density at radius 2 is 2.12 bits per heavy atom. The zero-order chi connectivity index (χ0) is 16.8. The highest BCUT2D eigenvalue weighted by Gasteiger charge is 2.19. The van der Waals surface area contributed by atoms with Crippen LogP contribution in [0.15, 0.2) is 30.6 Å². The fraction of sp³-hybridized carbons (Fsp3) is 0.444. The van der Waals surface area contributed by atoms with Crippen LogP contribution in [0.5, 0.6) is 11.5 Å². The summed E-state index contributed by atoms with van der Waals surface area (Å²) in [5.74, 6) is 2.86. The first-order chi connectivity index (χ1) is 11.8. The molecule has 0 spiro atoms. The average molecular weight is 329 g/mol. The maximum Gasteiger partial charge on any atom is 0.129 e. The third-order valence-electron chi connectivity index (χ3n) is 4.23. The minimum atomic E-state index is 0.384. The predicted octanol–water partition coefficient (Wildman–Crippen LogP) is 2.65. The van der Waals surface area contributed by atoms with Crippen molar-refractivity contribution in [1.29, 1.82) is 0 Å². The van der Waals surface area contributed by atoms with E-state index >= 15 is 0 Å². The van der Waals surface area contributed by atoms with E-state index < -0.39 is 0 Å². The number of hydrogen-bond acceptors (Lipinski definition) is 6. The summed E-state index contributed by atoms with van der Waals surface area (Å²) >= 11 is 0. The molecule has 2 heterocycles. The van der Waals surface area contributed by atoms with Crippen molar-refractivity contribution in [3.05, 3.63) is 41.9 Å². The number of hydrogen-bond donors (Lipinski definition) is 1. The number of anilines is 1. The summed E-state index contributed by atoms with van der Waals surface area (Å²) in [6, 6.07) is 7.89. The zero-order valence-corrected chi connectivity index (χ0v) is 14.1. The molecule has 24 heavy (non-hydrogen) atoms. The summed E-state index contributed by atoms with van der Waals surface area (Å²) in [5, 5.41) is 3.36. The van der Waals surface area contributed by atoms with E-state index in [1.54, 1.807) is 20.5 Å². The maximum atomic E-state index is 5.43. The Bertz CT molecular complexity index is 672. The highest BCUT2D eigenvalue weighted by Crippen LogP contribution is 2.26. The molecular weight excluding hydrogens is 306 g/mol. The van der Waals surface area contributed by atoms with Gasteiger partial charge in [0.05, 0.1) is 26.5 Å². The van der Waals surface area contributed by atoms with Gasteiger partial charge in [-0.25, -0.2) is 9.97 Å². The van der Waals surface area contributed by atoms with Crippen molar-refractivity contribution in [2.45, 2.75) is 18.8 Å². The number of rotatable bonds is 7. The van der Waals surface area contributed by atoms with Gasteiger partial charge in [-0.05, 0) is 24.5 Å². The highest BCUT2D eigenvalue weighted by atomic mass is 16.5. The van der Waals surface area contributed by atoms with E-state index in [1.807, 2.05) is 24.3 Å². The molecule has 6 nitrogen and oxygen atoms in total. The van der Waals surface area contributed by atoms with Gasteiger partial charge < -0.3 is 19.5 Å². The number of benzene rings is 1. The van der Waals surface area contributed by atoms with Crippen LogP contribution < -0.4 is 14.8 Å². The Morgan fingerprint density at radius 1 is 1.21 bits per heavy atom. The molecule has 1 aromatic carbocycles. The average Bonchev–Trinajstić information content (AvgIpc) is 3.17. The van der Waals surface area contributed by atoms with Crippen molar-refractivity contribution < 1.29 is 14.2 Å². The molecule has 1 fully saturated rings. The van der Waals surface area contributed by atoms with E-state index in [0.717, 1.165) is 61.2 Å². The van der Waals surface area contributed by atoms with Crippen LogP contribution in [0.1, 0.15) is 23.6 Å². The topological polar surface area (TPSA) is 65.5 Å². The minimum Gasteiger partial charge on any atom is -0.497 e. The van der Waals surface area contributed by atoms with Gasteiger partial charge in [0.15, 0.2) is 0 Å². The second-order valence-corrected chi connectivity index (χ2v) is 5.74. The van der Waals surface area contributed by atoms with E-state index in [4.69, 9.17) is 14.2 Å². The third-order valence-corrected chi connectivity index (χ3v) is 4.23. The van der Waals surface area contributed by atoms with Gasteiger partial charge in [0.25, 0.3) is 0 Å². The van der Waals surface area contributed by atoms with Crippen LogP contribution in [0.3, 0.4) is 0 Å². The molecule has 3 rings (SSSR count). The van der Waals surface area contributed by atoms with Crippen LogP contribution in [-0.2, 0) is 11.2 Å². The van der Waals surface area contributed by atoms with Gasteiger partial charge >= 0.3 is 0 Å². The van der Waals surface area contributed by atoms with Gasteiger partial charge in [0.1, 0.15) is 23.6 Å². The van der Waals surface area contributed by atoms with Crippen LogP contribution >= 0.6 is 0 Å². The molecule has 0 aliphatic carbocycles. The van der Waals surface area contributed by atoms with E-state index in [1.165, 1.54) is 0 Å². The highest BCUT2D eigenvalue weighted by molar-refractivity contribution is 5.42. The Kier molecular flexibility index (Phi) is 5.48. The quantitative estimate of drug-likeness (QED) is 0.842. The van der Waals surface area contributed by atoms with Crippen LogP contribution in [0.2, 0.25) is 0 Å². The van der Waals surface area contributed by atoms with Crippen LogP contribution in [0.4, 0.5) is 5.82 Å². The monoisotopic (exact) mass is 329 g/mol. The van der Waals surface area contributed by atoms with Crippen LogP contribution in [-0.4, -0.2) is 43.9 Å². The van der Waals surface area contributed by atoms with E-state index in [9.17, 15) is 0 Å². The Hall–Kier alpha value is -2.34. The van der Waals surface area contributed by atoms with Gasteiger partial charge in [-0.15, -0.1) is 0 Å². The zero-order valence-electron chi connectivity index (χ0n) is 14.1. The smallest absolute Gasteiger partial charge is 0.129 e. The molecule has 1 aliphatic heterocycles. The largest absolute Gasteiger partial charge is 0.497 e. The fourth-order valence-electron chi connectivity index (χ4n) is 2.84. The van der Waals surface area contributed by atoms with E-state index in [-0.39, 0.29) is 0 Å². The molecule has 0 amide bonds. The number of nitrogens with zero attached hydrogens (tertiary/aromatic N) is 2. The van der Waals surface area contributed by atoms with Gasteiger partial charge in [0, 0.05) is 31.2 Å². The van der Waals surface area contributed by atoms with Gasteiger partial charge in [0.2, 0.25) is 0 Å². The SMILES string of the molecule is COc1ccc(CCNc2cc(C3CCOC3)ncn2)c(OC)c1. The lowest BCUT2D eigenvalue weighted by Gasteiger charge is -2.12. The Labute approximate surface area is 142 Å². The fourth-order valence-corrected chi connectivity index (χ4v) is 2.84. The van der Waals surface area contributed by atoms with Crippen molar-refractivity contribution in [3.8, 4) is 11.5 Å². The second kappa shape index (κ2) is 7.97. The first-order valence-electron chi connectivity index (χ1n) is 8.14. The standard InChI is InChI=1S/C18H23N3O3/c1-22-15-4-3-13(17(9-15)23-2)5-7-19-18-10-16(20-12-21-18)14-6-8-24-11-14/h3-4,9-10,12,14H,5-8,11H2,1-2H3,(H,19,20,21). The van der Waals surface area contributed by atoms with E-state index in [2.05, 4.69) is 15.3 Å². The summed E-state index contributed by atoms with van der Waals surface area (Å²) < 4.78 is 16.1. The Morgan fingerprint density at radius 3 is 2.88 bits per heavy atom. The number of nitrogens with one attached hydrogen (secondary N) is 1. The predicted molar refractivity (Wildman–Crippen MR) is 91.9 cm³/mol. The van der Waals surface area contributed by atoms with Crippen molar-refractivity contribution in [2.24, 2.45) is 0 Å². The molecule has 1 aliphatic rings. The van der Waals surface area contributed by atoms with Gasteiger partial charge in [-0.1, -0.05) is 6.07 Å². The molecular formula is C18H23N3O3. The normalized spacial score (nSPS) is 16.8. The molecule has 2 aromatic rings. The summed E-state index contributed by atoms with van der Waals surface area (Å²) in [5.41, 5.74) is 2.18. The molecule has 1 aromatic heterocycles. The van der Waals surface area contributed by atoms with Crippen molar-refractivity contribution in [1.82, 2.24) is 9.97 Å². The van der Waals surface area contributed by atoms with Crippen molar-refractivity contribution in [2.75, 3.05) is 39.3 Å². The summed E-state index contributed by atoms with van der Waals surface area (Å²) in [6.45, 7) is 2.33. The summed E-state index contributed by atoms with van der Waals surface area (Å²) in [7, 11) is 3.32. The molecule has 0 saturated carbocycles. The molecule has 1 N–H and O–H groups in total. The molecule has 0 radical (unpaired) electrons. The van der Waals surface area contributed by atoms with E-state index in [0.29, 0.717) is 5.92 Å². The van der Waals surface area contributed by atoms with Crippen molar-refractivity contribution >= 4 is 5.82 Å². The van der Waals surface area contributed by atoms with Gasteiger partial charge in [-0.3, -0.25) is 0 Å². The molecule has 1 unspecified atom stereocenters. The third kappa shape index (κ3) is 3.94. The molecule has 1 saturated heterocycles. The lowest BCUT2D eigenvalue weighted by atomic mass is 10.0. The maximum absolute atomic E-state index is 5.43. The molecule has 1 atom stereocenters. The summed E-state index contributed by atoms with van der Waals surface area (Å²) in [6.07, 6.45) is 3.47. The number of ether oxygens (including phenoxy) is 3. The van der Waals surface area contributed by atoms with Gasteiger partial charge in [-0.2, -0.15) is 0 Å². The van der Waals surface area contributed by atoms with Crippen molar-refractivity contribution in [3.63, 3.8) is 0 Å². The molecule has 128 valence electrons. The minimum absolute atomic E-state index is 0.384. The van der Waals surface area contributed by atoms with Crippen LogP contribution in [0, 0.1) is 0 Å². The number of methoxy groups -OCH3 is 2.